The maximum Gasteiger partial charge on any atom is 0.344 e. The Hall–Kier alpha value is -3.12. The molecule has 208 valence electrons. The number of hydrogen-bond acceptors (Lipinski definition) is 5. The molecule has 0 spiro atoms. The summed E-state index contributed by atoms with van der Waals surface area (Å²) in [5, 5.41) is 29.2. The van der Waals surface area contributed by atoms with E-state index < -0.39 is 28.3 Å². The minimum absolute atomic E-state index is 0.211. The molecule has 4 nitrogen and oxygen atoms in total. The molecule has 2 N–H and O–H groups in total. The molecule has 2 unspecified atom stereocenters. The van der Waals surface area contributed by atoms with Crippen LogP contribution in [0.25, 0.3) is 21.5 Å². The second-order valence-corrected chi connectivity index (χ2v) is 12.6. The van der Waals surface area contributed by atoms with Gasteiger partial charge in [0.1, 0.15) is 5.60 Å². The van der Waals surface area contributed by atoms with Crippen LogP contribution in [0.15, 0.2) is 95.9 Å². The minimum Gasteiger partial charge on any atom is -0.462 e. The van der Waals surface area contributed by atoms with Crippen LogP contribution in [0.3, 0.4) is 0 Å². The first-order chi connectivity index (χ1) is 19.1. The van der Waals surface area contributed by atoms with E-state index in [1.807, 2.05) is 107 Å². The highest BCUT2D eigenvalue weighted by Gasteiger charge is 2.56. The number of hydrogen-bond donors (Lipinski definition) is 2. The first kappa shape index (κ1) is 28.4. The van der Waals surface area contributed by atoms with E-state index in [1.54, 1.807) is 6.92 Å². The Kier molecular flexibility index (Phi) is 7.84. The molecular formula is C35H38O4S. The van der Waals surface area contributed by atoms with Gasteiger partial charge in [-0.2, -0.15) is 0 Å². The quantitative estimate of drug-likeness (QED) is 0.220. The van der Waals surface area contributed by atoms with Gasteiger partial charge in [-0.25, -0.2) is 4.79 Å². The van der Waals surface area contributed by atoms with Crippen molar-refractivity contribution in [2.24, 2.45) is 17.8 Å². The molecule has 4 aromatic carbocycles. The van der Waals surface area contributed by atoms with Gasteiger partial charge in [0, 0.05) is 5.92 Å². The van der Waals surface area contributed by atoms with Crippen molar-refractivity contribution in [2.45, 2.75) is 51.1 Å². The van der Waals surface area contributed by atoms with Gasteiger partial charge in [0.2, 0.25) is 0 Å². The lowest BCUT2D eigenvalue weighted by molar-refractivity contribution is -0.137. The van der Waals surface area contributed by atoms with Gasteiger partial charge in [0.25, 0.3) is 0 Å². The van der Waals surface area contributed by atoms with Crippen LogP contribution in [0.5, 0.6) is 0 Å². The topological polar surface area (TPSA) is 66.8 Å². The zero-order valence-corrected chi connectivity index (χ0v) is 24.6. The van der Waals surface area contributed by atoms with E-state index in [1.165, 1.54) is 11.8 Å². The molecule has 1 heterocycles. The fourth-order valence-electron chi connectivity index (χ4n) is 6.15. The lowest BCUT2D eigenvalue weighted by Gasteiger charge is -2.47. The summed E-state index contributed by atoms with van der Waals surface area (Å²) < 4.78 is 5.40. The number of aliphatic hydroxyl groups is 2. The van der Waals surface area contributed by atoms with Gasteiger partial charge in [-0.1, -0.05) is 107 Å². The fraction of sp³-hybridized carbons (Fsp3) is 0.343. The zero-order valence-electron chi connectivity index (χ0n) is 23.8. The number of esters is 1. The minimum atomic E-state index is -1.37. The Morgan fingerprint density at radius 3 is 1.73 bits per heavy atom. The fourth-order valence-corrected chi connectivity index (χ4v) is 7.83. The summed E-state index contributed by atoms with van der Waals surface area (Å²) in [5.74, 6) is -1.42. The van der Waals surface area contributed by atoms with Gasteiger partial charge in [-0.05, 0) is 63.6 Å². The molecule has 0 saturated heterocycles. The van der Waals surface area contributed by atoms with Gasteiger partial charge >= 0.3 is 5.97 Å². The van der Waals surface area contributed by atoms with Crippen molar-refractivity contribution >= 4 is 39.3 Å². The molecule has 5 heteroatoms. The SMILES string of the molecule is CCOC(=O)C1=C[C@@H](C(O)(c2ccc3ccccc3c2)C(C)C)[C@H](C(O)(c2ccc3ccccc3c2)C(C)C)S1. The third kappa shape index (κ3) is 4.74. The summed E-state index contributed by atoms with van der Waals surface area (Å²) in [5.41, 5.74) is -1.19. The predicted molar refractivity (Wildman–Crippen MR) is 165 cm³/mol. The molecule has 0 fully saturated rings. The van der Waals surface area contributed by atoms with Gasteiger partial charge in [0.15, 0.2) is 0 Å². The molecule has 0 saturated carbocycles. The standard InChI is InChI=1S/C35H38O4S/c1-6-39-33(36)31-21-30(34(37,22(2)3)28-17-15-24-11-7-9-13-26(24)19-28)32(40-31)35(38,23(4)5)29-18-16-25-12-8-10-14-27(25)20-29/h7-23,30,32,37-38H,6H2,1-5H3/t30-,32-,34?,35?/m1/s1. The van der Waals surface area contributed by atoms with E-state index in [4.69, 9.17) is 4.74 Å². The average Bonchev–Trinajstić information content (AvgIpc) is 3.42. The van der Waals surface area contributed by atoms with Crippen LogP contribution in [0.4, 0.5) is 0 Å². The van der Waals surface area contributed by atoms with Gasteiger partial charge < -0.3 is 14.9 Å². The zero-order chi connectivity index (χ0) is 28.7. The van der Waals surface area contributed by atoms with Crippen molar-refractivity contribution in [2.75, 3.05) is 6.61 Å². The van der Waals surface area contributed by atoms with Crippen LogP contribution >= 0.6 is 11.8 Å². The van der Waals surface area contributed by atoms with Crippen molar-refractivity contribution in [1.29, 1.82) is 0 Å². The van der Waals surface area contributed by atoms with Crippen LogP contribution in [0.1, 0.15) is 45.7 Å². The maximum atomic E-state index is 13.1. The van der Waals surface area contributed by atoms with Crippen molar-refractivity contribution in [3.8, 4) is 0 Å². The Balaban J connectivity index is 1.70. The van der Waals surface area contributed by atoms with E-state index in [2.05, 4.69) is 12.1 Å². The van der Waals surface area contributed by atoms with Crippen LogP contribution < -0.4 is 0 Å². The molecular weight excluding hydrogens is 516 g/mol. The number of carbonyl (C=O) groups is 1. The van der Waals surface area contributed by atoms with Gasteiger partial charge in [-0.15, -0.1) is 11.8 Å². The average molecular weight is 555 g/mol. The molecule has 1 aliphatic rings. The second-order valence-electron chi connectivity index (χ2n) is 11.4. The monoisotopic (exact) mass is 554 g/mol. The number of fused-ring (bicyclic) bond motifs is 2. The molecule has 0 amide bonds. The predicted octanol–water partition coefficient (Wildman–Crippen LogP) is 7.56. The summed E-state index contributed by atoms with van der Waals surface area (Å²) in [4.78, 5) is 13.5. The van der Waals surface area contributed by atoms with E-state index >= 15 is 0 Å². The first-order valence-corrected chi connectivity index (χ1v) is 15.0. The normalized spacial score (nSPS) is 20.5. The van der Waals surface area contributed by atoms with Crippen LogP contribution in [0.2, 0.25) is 0 Å². The van der Waals surface area contributed by atoms with Crippen molar-refractivity contribution in [3.63, 3.8) is 0 Å². The molecule has 0 aromatic heterocycles. The highest BCUT2D eigenvalue weighted by Crippen LogP contribution is 2.56. The second kappa shape index (κ2) is 11.0. The number of ether oxygens (including phenoxy) is 1. The smallest absolute Gasteiger partial charge is 0.344 e. The van der Waals surface area contributed by atoms with Gasteiger partial charge in [-0.3, -0.25) is 0 Å². The summed E-state index contributed by atoms with van der Waals surface area (Å²) in [6, 6.07) is 28.3. The van der Waals surface area contributed by atoms with E-state index in [0.717, 1.165) is 32.7 Å². The van der Waals surface area contributed by atoms with Crippen molar-refractivity contribution < 1.29 is 19.7 Å². The summed E-state index contributed by atoms with van der Waals surface area (Å²) in [6.45, 7) is 10.0. The van der Waals surface area contributed by atoms with E-state index in [-0.39, 0.29) is 18.4 Å². The molecule has 4 atom stereocenters. The number of rotatable bonds is 8. The van der Waals surface area contributed by atoms with Crippen molar-refractivity contribution in [3.05, 3.63) is 107 Å². The highest BCUT2D eigenvalue weighted by atomic mass is 32.2. The van der Waals surface area contributed by atoms with Crippen molar-refractivity contribution in [1.82, 2.24) is 0 Å². The number of benzene rings is 4. The maximum absolute atomic E-state index is 13.1. The lowest BCUT2D eigenvalue weighted by Crippen LogP contribution is -2.52. The summed E-state index contributed by atoms with van der Waals surface area (Å²) >= 11 is 1.32. The number of thioether (sulfide) groups is 1. The third-order valence-corrected chi connectivity index (χ3v) is 9.98. The van der Waals surface area contributed by atoms with Crippen LogP contribution in [-0.4, -0.2) is 28.0 Å². The van der Waals surface area contributed by atoms with E-state index in [0.29, 0.717) is 4.91 Å². The first-order valence-electron chi connectivity index (χ1n) is 14.1. The largest absolute Gasteiger partial charge is 0.462 e. The molecule has 0 aliphatic carbocycles. The Bertz CT molecular complexity index is 1570. The summed E-state index contributed by atoms with van der Waals surface area (Å²) in [7, 11) is 0. The highest BCUT2D eigenvalue weighted by molar-refractivity contribution is 8.04. The Morgan fingerprint density at radius 1 is 0.775 bits per heavy atom. The van der Waals surface area contributed by atoms with Gasteiger partial charge in [0.05, 0.1) is 22.4 Å². The number of carbonyl (C=O) groups excluding carboxylic acids is 1. The molecule has 4 aromatic rings. The molecule has 0 bridgehead atoms. The molecule has 40 heavy (non-hydrogen) atoms. The molecule has 5 rings (SSSR count). The van der Waals surface area contributed by atoms with E-state index in [9.17, 15) is 15.0 Å². The van der Waals surface area contributed by atoms with Crippen LogP contribution in [0, 0.1) is 17.8 Å². The van der Waals surface area contributed by atoms with Crippen LogP contribution in [-0.2, 0) is 20.7 Å². The Morgan fingerprint density at radius 2 is 1.25 bits per heavy atom. The lowest BCUT2D eigenvalue weighted by atomic mass is 9.66. The third-order valence-electron chi connectivity index (χ3n) is 8.51. The summed E-state index contributed by atoms with van der Waals surface area (Å²) in [6.07, 6.45) is 1.84. The molecule has 1 aliphatic heterocycles. The Labute approximate surface area is 241 Å². The molecule has 0 radical (unpaired) electrons.